The molecule has 4 rings (SSSR count). The largest absolute Gasteiger partial charge is 0.490 e. The molecule has 25 heavy (non-hydrogen) atoms. The molecular weight excluding hydrogens is 314 g/mol. The molecule has 5 heteroatoms. The number of rotatable bonds is 5. The quantitative estimate of drug-likeness (QED) is 0.749. The van der Waals surface area contributed by atoms with Gasteiger partial charge in [0.15, 0.2) is 11.5 Å². The minimum atomic E-state index is 0.705. The van der Waals surface area contributed by atoms with Gasteiger partial charge >= 0.3 is 0 Å². The van der Waals surface area contributed by atoms with E-state index in [1.807, 2.05) is 24.5 Å². The van der Waals surface area contributed by atoms with Crippen LogP contribution in [0.5, 0.6) is 11.5 Å². The van der Waals surface area contributed by atoms with Gasteiger partial charge in [-0.1, -0.05) is 30.3 Å². The smallest absolute Gasteiger partial charge is 0.165 e. The number of ether oxygens (including phenoxy) is 2. The van der Waals surface area contributed by atoms with Crippen molar-refractivity contribution < 1.29 is 9.47 Å². The third kappa shape index (κ3) is 3.67. The molecule has 5 nitrogen and oxygen atoms in total. The Morgan fingerprint density at radius 3 is 2.84 bits per heavy atom. The standard InChI is InChI=1S/C20H21N3O2/c1-4-15(10-16(5-1)18-13-22-23-14-18)11-21-12-17-6-2-7-19-20(17)25-9-3-8-24-19/h1-2,4-7,10,13-14,21H,3,8-9,11-12H2,(H,22,23). The predicted molar refractivity (Wildman–Crippen MR) is 96.6 cm³/mol. The van der Waals surface area contributed by atoms with Crippen molar-refractivity contribution in [2.24, 2.45) is 0 Å². The van der Waals surface area contributed by atoms with Crippen LogP contribution in [0.2, 0.25) is 0 Å². The lowest BCUT2D eigenvalue weighted by molar-refractivity contribution is 0.296. The number of benzene rings is 2. The summed E-state index contributed by atoms with van der Waals surface area (Å²) >= 11 is 0. The number of hydrogen-bond donors (Lipinski definition) is 2. The summed E-state index contributed by atoms with van der Waals surface area (Å²) < 4.78 is 11.6. The average molecular weight is 335 g/mol. The van der Waals surface area contributed by atoms with Crippen LogP contribution in [0.15, 0.2) is 54.9 Å². The van der Waals surface area contributed by atoms with E-state index in [4.69, 9.17) is 9.47 Å². The number of nitrogens with zero attached hydrogens (tertiary/aromatic N) is 1. The fourth-order valence-electron chi connectivity index (χ4n) is 3.00. The third-order valence-electron chi connectivity index (χ3n) is 4.26. The van der Waals surface area contributed by atoms with E-state index in [0.717, 1.165) is 42.1 Å². The fraction of sp³-hybridized carbons (Fsp3) is 0.250. The van der Waals surface area contributed by atoms with Crippen LogP contribution in [-0.4, -0.2) is 23.4 Å². The molecule has 1 aromatic heterocycles. The molecule has 0 saturated heterocycles. The van der Waals surface area contributed by atoms with Crippen molar-refractivity contribution in [3.05, 3.63) is 66.0 Å². The lowest BCUT2D eigenvalue weighted by Gasteiger charge is -2.13. The molecule has 1 aliphatic heterocycles. The predicted octanol–water partition coefficient (Wildman–Crippen LogP) is 3.53. The second-order valence-electron chi connectivity index (χ2n) is 6.09. The molecule has 2 heterocycles. The molecule has 0 amide bonds. The number of para-hydroxylation sites is 1. The summed E-state index contributed by atoms with van der Waals surface area (Å²) in [7, 11) is 0. The number of H-pyrrole nitrogens is 1. The first-order chi connectivity index (χ1) is 12.4. The van der Waals surface area contributed by atoms with Crippen LogP contribution in [0.4, 0.5) is 0 Å². The Kier molecular flexibility index (Phi) is 4.65. The molecule has 128 valence electrons. The summed E-state index contributed by atoms with van der Waals surface area (Å²) in [5.74, 6) is 1.72. The number of nitrogens with one attached hydrogen (secondary N) is 2. The van der Waals surface area contributed by atoms with Gasteiger partial charge in [-0.05, 0) is 23.3 Å². The molecule has 2 N–H and O–H groups in total. The minimum Gasteiger partial charge on any atom is -0.490 e. The van der Waals surface area contributed by atoms with E-state index in [9.17, 15) is 0 Å². The monoisotopic (exact) mass is 335 g/mol. The van der Waals surface area contributed by atoms with Gasteiger partial charge in [-0.25, -0.2) is 0 Å². The molecule has 0 radical (unpaired) electrons. The number of hydrogen-bond acceptors (Lipinski definition) is 4. The Hall–Kier alpha value is -2.79. The number of fused-ring (bicyclic) bond motifs is 1. The first kappa shape index (κ1) is 15.7. The van der Waals surface area contributed by atoms with E-state index in [1.165, 1.54) is 11.1 Å². The number of aromatic amines is 1. The summed E-state index contributed by atoms with van der Waals surface area (Å²) in [6.45, 7) is 2.94. The summed E-state index contributed by atoms with van der Waals surface area (Å²) in [5, 5.41) is 10.4. The molecule has 1 aliphatic rings. The number of aromatic nitrogens is 2. The molecular formula is C20H21N3O2. The highest BCUT2D eigenvalue weighted by molar-refractivity contribution is 5.62. The van der Waals surface area contributed by atoms with E-state index in [2.05, 4.69) is 45.8 Å². The Morgan fingerprint density at radius 1 is 1.00 bits per heavy atom. The van der Waals surface area contributed by atoms with Gasteiger partial charge < -0.3 is 14.8 Å². The molecule has 3 aromatic rings. The maximum atomic E-state index is 5.88. The van der Waals surface area contributed by atoms with E-state index in [-0.39, 0.29) is 0 Å². The highest BCUT2D eigenvalue weighted by Crippen LogP contribution is 2.33. The zero-order valence-corrected chi connectivity index (χ0v) is 14.0. The van der Waals surface area contributed by atoms with E-state index in [1.54, 1.807) is 0 Å². The molecule has 0 atom stereocenters. The Labute approximate surface area is 147 Å². The maximum absolute atomic E-state index is 5.88. The van der Waals surface area contributed by atoms with Crippen molar-refractivity contribution in [3.63, 3.8) is 0 Å². The van der Waals surface area contributed by atoms with Gasteiger partial charge in [-0.15, -0.1) is 0 Å². The molecule has 0 aliphatic carbocycles. The summed E-state index contributed by atoms with van der Waals surface area (Å²) in [4.78, 5) is 0. The Balaban J connectivity index is 1.42. The van der Waals surface area contributed by atoms with Gasteiger partial charge in [0.1, 0.15) is 0 Å². The normalized spacial score (nSPS) is 13.4. The highest BCUT2D eigenvalue weighted by atomic mass is 16.5. The first-order valence-electron chi connectivity index (χ1n) is 8.56. The Morgan fingerprint density at radius 2 is 1.92 bits per heavy atom. The zero-order chi connectivity index (χ0) is 16.9. The van der Waals surface area contributed by atoms with Crippen molar-refractivity contribution in [1.82, 2.24) is 15.5 Å². The zero-order valence-electron chi connectivity index (χ0n) is 14.0. The van der Waals surface area contributed by atoms with Crippen LogP contribution in [0.3, 0.4) is 0 Å². The summed E-state index contributed by atoms with van der Waals surface area (Å²) in [6, 6.07) is 14.6. The average Bonchev–Trinajstić information content (AvgIpc) is 3.07. The van der Waals surface area contributed by atoms with Crippen LogP contribution < -0.4 is 14.8 Å². The van der Waals surface area contributed by atoms with Crippen molar-refractivity contribution in [3.8, 4) is 22.6 Å². The van der Waals surface area contributed by atoms with Crippen molar-refractivity contribution in [2.45, 2.75) is 19.5 Å². The molecule has 2 aromatic carbocycles. The van der Waals surface area contributed by atoms with Gasteiger partial charge in [0.2, 0.25) is 0 Å². The lowest BCUT2D eigenvalue weighted by Crippen LogP contribution is -2.13. The summed E-state index contributed by atoms with van der Waals surface area (Å²) in [6.07, 6.45) is 4.66. The van der Waals surface area contributed by atoms with E-state index in [0.29, 0.717) is 13.2 Å². The van der Waals surface area contributed by atoms with Crippen LogP contribution in [0.25, 0.3) is 11.1 Å². The minimum absolute atomic E-state index is 0.705. The van der Waals surface area contributed by atoms with Crippen LogP contribution >= 0.6 is 0 Å². The third-order valence-corrected chi connectivity index (χ3v) is 4.26. The van der Waals surface area contributed by atoms with Gasteiger partial charge in [0.25, 0.3) is 0 Å². The van der Waals surface area contributed by atoms with Crippen molar-refractivity contribution >= 4 is 0 Å². The topological polar surface area (TPSA) is 59.2 Å². The van der Waals surface area contributed by atoms with E-state index < -0.39 is 0 Å². The molecule has 0 spiro atoms. The maximum Gasteiger partial charge on any atom is 0.165 e. The van der Waals surface area contributed by atoms with Gasteiger partial charge in [0.05, 0.1) is 19.4 Å². The lowest BCUT2D eigenvalue weighted by atomic mass is 10.1. The molecule has 0 bridgehead atoms. The van der Waals surface area contributed by atoms with E-state index >= 15 is 0 Å². The van der Waals surface area contributed by atoms with Gasteiger partial charge in [-0.2, -0.15) is 5.10 Å². The second-order valence-corrected chi connectivity index (χ2v) is 6.09. The second kappa shape index (κ2) is 7.40. The molecule has 0 fully saturated rings. The van der Waals surface area contributed by atoms with Crippen molar-refractivity contribution in [2.75, 3.05) is 13.2 Å². The highest BCUT2D eigenvalue weighted by Gasteiger charge is 2.14. The van der Waals surface area contributed by atoms with Crippen LogP contribution in [0, 0.1) is 0 Å². The van der Waals surface area contributed by atoms with Crippen LogP contribution in [0.1, 0.15) is 17.5 Å². The molecule has 0 saturated carbocycles. The van der Waals surface area contributed by atoms with Crippen molar-refractivity contribution in [1.29, 1.82) is 0 Å². The van der Waals surface area contributed by atoms with Gasteiger partial charge in [-0.3, -0.25) is 5.10 Å². The fourth-order valence-corrected chi connectivity index (χ4v) is 3.00. The van der Waals surface area contributed by atoms with Crippen LogP contribution in [-0.2, 0) is 13.1 Å². The SMILES string of the molecule is c1cc(CNCc2cccc3c2OCCCO3)cc(-c2cn[nH]c2)c1. The Bertz CT molecular complexity index is 831. The molecule has 0 unspecified atom stereocenters. The van der Waals surface area contributed by atoms with Gasteiger partial charge in [0, 0.05) is 36.8 Å². The first-order valence-corrected chi connectivity index (χ1v) is 8.56. The summed E-state index contributed by atoms with van der Waals surface area (Å²) in [5.41, 5.74) is 4.63.